The second-order valence-corrected chi connectivity index (χ2v) is 5.21. The predicted molar refractivity (Wildman–Crippen MR) is 79.6 cm³/mol. The van der Waals surface area contributed by atoms with Gasteiger partial charge in [0, 0.05) is 37.3 Å². The van der Waals surface area contributed by atoms with E-state index in [2.05, 4.69) is 20.9 Å². The van der Waals surface area contributed by atoms with Gasteiger partial charge >= 0.3 is 7.69 Å². The minimum Gasteiger partial charge on any atom is -0.472 e. The van der Waals surface area contributed by atoms with Gasteiger partial charge in [0.1, 0.15) is 5.82 Å². The summed E-state index contributed by atoms with van der Waals surface area (Å²) in [6, 6.07) is 1.92. The quantitative estimate of drug-likeness (QED) is 0.592. The van der Waals surface area contributed by atoms with E-state index in [0.717, 1.165) is 25.7 Å². The Hall–Kier alpha value is -1.35. The monoisotopic (exact) mass is 339 g/mol. The first-order valence-electron chi connectivity index (χ1n) is 5.13. The third-order valence-corrected chi connectivity index (χ3v) is 4.35. The number of hydrogen-bond acceptors (Lipinski definition) is 6. The van der Waals surface area contributed by atoms with Crippen molar-refractivity contribution in [1.82, 2.24) is 4.98 Å². The number of aromatic nitrogens is 1. The van der Waals surface area contributed by atoms with E-state index in [1.165, 1.54) is 0 Å². The topological polar surface area (TPSA) is 92.5 Å². The molecule has 0 aliphatic rings. The first kappa shape index (κ1) is 14.1. The number of anilines is 1. The first-order valence-corrected chi connectivity index (χ1v) is 6.80. The fourth-order valence-electron chi connectivity index (χ4n) is 1.65. The van der Waals surface area contributed by atoms with Gasteiger partial charge in [-0.1, -0.05) is 0 Å². The Labute approximate surface area is 122 Å². The molecule has 1 radical (unpaired) electrons. The molecule has 0 saturated carbocycles. The molecule has 0 atom stereocenters. The van der Waals surface area contributed by atoms with Crippen molar-refractivity contribution in [2.24, 2.45) is 0 Å². The van der Waals surface area contributed by atoms with E-state index < -0.39 is 0 Å². The standard InChI is InChI=1S/C11H7BrN2OS.BH2O2/c12-8-5-16-10-7(6-1-2-15-4-6)3-14-11(13)9(8)10;2-1-3/h1-5H,(H2,13,14);2-3H. The number of pyridine rings is 1. The molecule has 4 N–H and O–H groups in total. The minimum absolute atomic E-state index is 0. The van der Waals surface area contributed by atoms with Crippen molar-refractivity contribution < 1.29 is 14.5 Å². The van der Waals surface area contributed by atoms with Gasteiger partial charge in [-0.05, 0) is 22.0 Å². The van der Waals surface area contributed by atoms with Crippen LogP contribution in [0.2, 0.25) is 0 Å². The Kier molecular flexibility index (Phi) is 4.59. The van der Waals surface area contributed by atoms with Gasteiger partial charge in [-0.25, -0.2) is 4.98 Å². The maximum absolute atomic E-state index is 7.00. The molecule has 0 fully saturated rings. The molecule has 0 bridgehead atoms. The lowest BCUT2D eigenvalue weighted by Crippen LogP contribution is -1.91. The van der Waals surface area contributed by atoms with Crippen molar-refractivity contribution >= 4 is 50.9 Å². The van der Waals surface area contributed by atoms with Crippen LogP contribution in [0, 0.1) is 0 Å². The number of nitrogens with zero attached hydrogens (tertiary/aromatic N) is 1. The molecule has 0 amide bonds. The van der Waals surface area contributed by atoms with Gasteiger partial charge in [0.05, 0.1) is 12.5 Å². The molecule has 3 aromatic rings. The fourth-order valence-corrected chi connectivity index (χ4v) is 3.44. The van der Waals surface area contributed by atoms with Crippen molar-refractivity contribution in [1.29, 1.82) is 0 Å². The van der Waals surface area contributed by atoms with E-state index >= 15 is 0 Å². The van der Waals surface area contributed by atoms with E-state index in [9.17, 15) is 0 Å². The van der Waals surface area contributed by atoms with Gasteiger partial charge in [-0.3, -0.25) is 0 Å². The maximum Gasteiger partial charge on any atom is 0.482 e. The largest absolute Gasteiger partial charge is 0.482 e. The molecule has 19 heavy (non-hydrogen) atoms. The highest BCUT2D eigenvalue weighted by molar-refractivity contribution is 9.10. The average Bonchev–Trinajstić information content (AvgIpc) is 3.01. The number of nitrogen functional groups attached to an aromatic ring is 1. The molecule has 8 heteroatoms. The zero-order valence-corrected chi connectivity index (χ0v) is 12.0. The Morgan fingerprint density at radius 3 is 2.79 bits per heavy atom. The molecular formula is C11H9BBrN2O3S. The zero-order chi connectivity index (χ0) is 13.8. The number of fused-ring (bicyclic) bond motifs is 1. The molecule has 0 unspecified atom stereocenters. The molecule has 97 valence electrons. The molecule has 0 aliphatic heterocycles. The predicted octanol–water partition coefficient (Wildman–Crippen LogP) is 2.41. The van der Waals surface area contributed by atoms with Crippen molar-refractivity contribution in [2.45, 2.75) is 0 Å². The molecule has 0 aromatic carbocycles. The summed E-state index contributed by atoms with van der Waals surface area (Å²) in [4.78, 5) is 4.21. The maximum atomic E-state index is 7.00. The van der Waals surface area contributed by atoms with E-state index in [4.69, 9.17) is 20.2 Å². The molecule has 3 heterocycles. The molecule has 3 rings (SSSR count). The SMILES string of the molecule is Nc1ncc(-c2ccoc2)c2scc(Br)c12.O[B]O. The van der Waals surface area contributed by atoms with Crippen molar-refractivity contribution in [3.05, 3.63) is 34.6 Å². The number of thiophene rings is 1. The van der Waals surface area contributed by atoms with E-state index in [1.54, 1.807) is 30.1 Å². The second kappa shape index (κ2) is 6.20. The molecule has 0 saturated heterocycles. The summed E-state index contributed by atoms with van der Waals surface area (Å²) in [5.74, 6) is 0.551. The number of hydrogen-bond donors (Lipinski definition) is 3. The Morgan fingerprint density at radius 2 is 2.16 bits per heavy atom. The Morgan fingerprint density at radius 1 is 1.42 bits per heavy atom. The highest BCUT2D eigenvalue weighted by atomic mass is 79.9. The van der Waals surface area contributed by atoms with Crippen LogP contribution in [-0.2, 0) is 0 Å². The van der Waals surface area contributed by atoms with Gasteiger partial charge in [0.2, 0.25) is 0 Å². The van der Waals surface area contributed by atoms with E-state index in [1.807, 2.05) is 11.4 Å². The Balaban J connectivity index is 0.000000408. The van der Waals surface area contributed by atoms with Crippen LogP contribution in [0.4, 0.5) is 5.82 Å². The van der Waals surface area contributed by atoms with Crippen LogP contribution in [0.3, 0.4) is 0 Å². The van der Waals surface area contributed by atoms with Crippen LogP contribution < -0.4 is 5.73 Å². The lowest BCUT2D eigenvalue weighted by Gasteiger charge is -2.01. The third kappa shape index (κ3) is 2.81. The summed E-state index contributed by atoms with van der Waals surface area (Å²) in [5, 5.41) is 17.0. The minimum atomic E-state index is 0. The third-order valence-electron chi connectivity index (χ3n) is 2.41. The number of furan rings is 1. The summed E-state index contributed by atoms with van der Waals surface area (Å²) in [6.07, 6.45) is 5.14. The number of rotatable bonds is 1. The summed E-state index contributed by atoms with van der Waals surface area (Å²) >= 11 is 5.13. The molecule has 5 nitrogen and oxygen atoms in total. The van der Waals surface area contributed by atoms with Gasteiger partial charge in [0.25, 0.3) is 0 Å². The molecular weight excluding hydrogens is 331 g/mol. The fraction of sp³-hybridized carbons (Fsp3) is 0. The van der Waals surface area contributed by atoms with Gasteiger partial charge in [-0.15, -0.1) is 11.3 Å². The summed E-state index contributed by atoms with van der Waals surface area (Å²) < 4.78 is 7.20. The van der Waals surface area contributed by atoms with Gasteiger partial charge in [0.15, 0.2) is 0 Å². The lowest BCUT2D eigenvalue weighted by atomic mass is 10.1. The Bertz CT molecular complexity index is 672. The smallest absolute Gasteiger partial charge is 0.472 e. The highest BCUT2D eigenvalue weighted by Gasteiger charge is 2.12. The van der Waals surface area contributed by atoms with Crippen molar-refractivity contribution in [3.8, 4) is 11.1 Å². The van der Waals surface area contributed by atoms with Gasteiger partial charge < -0.3 is 20.2 Å². The van der Waals surface area contributed by atoms with Crippen molar-refractivity contribution in [3.63, 3.8) is 0 Å². The summed E-state index contributed by atoms with van der Waals surface area (Å²) in [7, 11) is 0. The van der Waals surface area contributed by atoms with Crippen LogP contribution in [0.15, 0.2) is 39.1 Å². The highest BCUT2D eigenvalue weighted by Crippen LogP contribution is 2.39. The summed E-state index contributed by atoms with van der Waals surface area (Å²) in [6.45, 7) is 0. The van der Waals surface area contributed by atoms with Crippen LogP contribution in [0.25, 0.3) is 21.2 Å². The van der Waals surface area contributed by atoms with Crippen LogP contribution >= 0.6 is 27.3 Å². The van der Waals surface area contributed by atoms with Crippen LogP contribution in [0.1, 0.15) is 0 Å². The average molecular weight is 340 g/mol. The van der Waals surface area contributed by atoms with Gasteiger partial charge in [-0.2, -0.15) is 0 Å². The molecule has 3 aromatic heterocycles. The normalized spacial score (nSPS) is 10.1. The van der Waals surface area contributed by atoms with E-state index in [-0.39, 0.29) is 7.69 Å². The lowest BCUT2D eigenvalue weighted by molar-refractivity contribution is 0.448. The van der Waals surface area contributed by atoms with Crippen molar-refractivity contribution in [2.75, 3.05) is 5.73 Å². The molecule has 0 spiro atoms. The molecule has 0 aliphatic carbocycles. The van der Waals surface area contributed by atoms with Crippen LogP contribution in [-0.4, -0.2) is 22.7 Å². The first-order chi connectivity index (χ1) is 9.19. The second-order valence-electron chi connectivity index (χ2n) is 3.47. The zero-order valence-electron chi connectivity index (χ0n) is 9.58. The van der Waals surface area contributed by atoms with Crippen LogP contribution in [0.5, 0.6) is 0 Å². The summed E-state index contributed by atoms with van der Waals surface area (Å²) in [5.41, 5.74) is 7.94. The number of halogens is 1. The van der Waals surface area contributed by atoms with E-state index in [0.29, 0.717) is 5.82 Å². The number of nitrogens with two attached hydrogens (primary N) is 1.